The molecule has 158 valence electrons. The summed E-state index contributed by atoms with van der Waals surface area (Å²) in [5.74, 6) is -0.803. The molecule has 6 nitrogen and oxygen atoms in total. The van der Waals surface area contributed by atoms with Crippen molar-refractivity contribution >= 4 is 46.5 Å². The van der Waals surface area contributed by atoms with Gasteiger partial charge in [-0.2, -0.15) is 0 Å². The van der Waals surface area contributed by atoms with Crippen molar-refractivity contribution in [3.63, 3.8) is 0 Å². The number of halogens is 1. The lowest BCUT2D eigenvalue weighted by atomic mass is 10.1. The Labute approximate surface area is 190 Å². The van der Waals surface area contributed by atoms with Crippen LogP contribution in [0.2, 0.25) is 5.02 Å². The molecule has 0 aliphatic carbocycles. The molecule has 0 bridgehead atoms. The number of benzene rings is 2. The third-order valence-electron chi connectivity index (χ3n) is 4.36. The van der Waals surface area contributed by atoms with Gasteiger partial charge in [0, 0.05) is 18.1 Å². The van der Waals surface area contributed by atoms with Gasteiger partial charge in [-0.25, -0.2) is 4.79 Å². The second-order valence-electron chi connectivity index (χ2n) is 6.45. The number of ether oxygens (including phenoxy) is 1. The molecule has 31 heavy (non-hydrogen) atoms. The third-order valence-corrected chi connectivity index (χ3v) is 5.02. The van der Waals surface area contributed by atoms with E-state index >= 15 is 0 Å². The molecule has 0 unspecified atom stereocenters. The van der Waals surface area contributed by atoms with Gasteiger partial charge in [0.05, 0.1) is 29.3 Å². The largest absolute Gasteiger partial charge is 0.462 e. The summed E-state index contributed by atoms with van der Waals surface area (Å²) in [6.07, 6.45) is 3.37. The molecular formula is C23H20ClN3O3S. The number of amides is 1. The van der Waals surface area contributed by atoms with Crippen LogP contribution in [0.3, 0.4) is 0 Å². The molecule has 0 aliphatic heterocycles. The van der Waals surface area contributed by atoms with Crippen molar-refractivity contribution in [1.29, 1.82) is 0 Å². The van der Waals surface area contributed by atoms with Gasteiger partial charge in [-0.1, -0.05) is 23.7 Å². The first kappa shape index (κ1) is 22.4. The van der Waals surface area contributed by atoms with E-state index in [0.717, 1.165) is 5.56 Å². The van der Waals surface area contributed by atoms with E-state index in [-0.39, 0.29) is 5.11 Å². The van der Waals surface area contributed by atoms with Crippen LogP contribution in [0.5, 0.6) is 0 Å². The first-order chi connectivity index (χ1) is 15.0. The van der Waals surface area contributed by atoms with Gasteiger partial charge in [-0.05, 0) is 73.2 Å². The van der Waals surface area contributed by atoms with Crippen molar-refractivity contribution in [3.8, 4) is 0 Å². The predicted molar refractivity (Wildman–Crippen MR) is 124 cm³/mol. The number of hydrogen-bond donors (Lipinski definition) is 1. The topological polar surface area (TPSA) is 71.5 Å². The highest BCUT2D eigenvalue weighted by Crippen LogP contribution is 2.20. The Bertz CT molecular complexity index is 1070. The van der Waals surface area contributed by atoms with Gasteiger partial charge in [0.25, 0.3) is 5.91 Å². The summed E-state index contributed by atoms with van der Waals surface area (Å²) in [6, 6.07) is 17.3. The predicted octanol–water partition coefficient (Wildman–Crippen LogP) is 4.63. The highest BCUT2D eigenvalue weighted by Gasteiger charge is 2.18. The highest BCUT2D eigenvalue weighted by atomic mass is 35.5. The van der Waals surface area contributed by atoms with Gasteiger partial charge in [0.15, 0.2) is 5.11 Å². The number of pyridine rings is 1. The van der Waals surface area contributed by atoms with Crippen molar-refractivity contribution < 1.29 is 14.3 Å². The van der Waals surface area contributed by atoms with Gasteiger partial charge >= 0.3 is 5.97 Å². The molecule has 0 spiro atoms. The fourth-order valence-corrected chi connectivity index (χ4v) is 3.30. The number of anilines is 1. The lowest BCUT2D eigenvalue weighted by molar-refractivity contribution is 0.0526. The summed E-state index contributed by atoms with van der Waals surface area (Å²) in [6.45, 7) is 2.44. The second kappa shape index (κ2) is 10.7. The van der Waals surface area contributed by atoms with Crippen molar-refractivity contribution in [2.24, 2.45) is 0 Å². The Morgan fingerprint density at radius 3 is 2.39 bits per heavy atom. The zero-order chi connectivity index (χ0) is 22.2. The minimum atomic E-state index is -0.404. The van der Waals surface area contributed by atoms with Crippen LogP contribution in [0.25, 0.3) is 0 Å². The SMILES string of the molecule is CCOC(=O)c1ccc(N(Cc2ccncc2)C(=S)NC(=O)c2ccccc2Cl)cc1. The normalized spacial score (nSPS) is 10.3. The van der Waals surface area contributed by atoms with Crippen molar-refractivity contribution in [1.82, 2.24) is 10.3 Å². The summed E-state index contributed by atoms with van der Waals surface area (Å²) in [5.41, 5.74) is 2.40. The summed E-state index contributed by atoms with van der Waals surface area (Å²) < 4.78 is 5.03. The number of carbonyl (C=O) groups is 2. The van der Waals surface area contributed by atoms with Crippen LogP contribution in [0.4, 0.5) is 5.69 Å². The Morgan fingerprint density at radius 2 is 1.74 bits per heavy atom. The standard InChI is InChI=1S/C23H20ClN3O3S/c1-2-30-22(29)17-7-9-18(10-8-17)27(15-16-11-13-25-14-12-16)23(31)26-21(28)19-5-3-4-6-20(19)24/h3-14H,2,15H2,1H3,(H,26,28,31). The van der Waals surface area contributed by atoms with Crippen LogP contribution < -0.4 is 10.2 Å². The molecule has 8 heteroatoms. The minimum Gasteiger partial charge on any atom is -0.462 e. The third kappa shape index (κ3) is 5.87. The molecule has 0 radical (unpaired) electrons. The van der Waals surface area contributed by atoms with E-state index < -0.39 is 11.9 Å². The summed E-state index contributed by atoms with van der Waals surface area (Å²) >= 11 is 11.7. The summed E-state index contributed by atoms with van der Waals surface area (Å²) in [4.78, 5) is 30.4. The molecule has 1 N–H and O–H groups in total. The molecule has 0 saturated heterocycles. The Kier molecular flexibility index (Phi) is 7.70. The lowest BCUT2D eigenvalue weighted by Gasteiger charge is -2.26. The van der Waals surface area contributed by atoms with Crippen LogP contribution >= 0.6 is 23.8 Å². The monoisotopic (exact) mass is 453 g/mol. The summed E-state index contributed by atoms with van der Waals surface area (Å²) in [7, 11) is 0. The number of nitrogens with zero attached hydrogens (tertiary/aromatic N) is 2. The van der Waals surface area contributed by atoms with E-state index in [4.69, 9.17) is 28.6 Å². The number of esters is 1. The van der Waals surface area contributed by atoms with Crippen LogP contribution in [-0.4, -0.2) is 28.6 Å². The molecule has 3 rings (SSSR count). The van der Waals surface area contributed by atoms with E-state index in [9.17, 15) is 9.59 Å². The number of rotatable bonds is 6. The molecule has 1 heterocycles. The Balaban J connectivity index is 1.85. The van der Waals surface area contributed by atoms with Crippen LogP contribution in [0.15, 0.2) is 73.1 Å². The average Bonchev–Trinajstić information content (AvgIpc) is 2.78. The van der Waals surface area contributed by atoms with Gasteiger partial charge in [0.1, 0.15) is 0 Å². The Morgan fingerprint density at radius 1 is 1.06 bits per heavy atom. The zero-order valence-electron chi connectivity index (χ0n) is 16.7. The molecule has 0 saturated carbocycles. The van der Waals surface area contributed by atoms with E-state index in [0.29, 0.717) is 35.0 Å². The van der Waals surface area contributed by atoms with E-state index in [1.54, 1.807) is 72.7 Å². The van der Waals surface area contributed by atoms with Gasteiger partial charge in [-0.3, -0.25) is 15.1 Å². The highest BCUT2D eigenvalue weighted by molar-refractivity contribution is 7.80. The molecule has 0 fully saturated rings. The maximum atomic E-state index is 12.7. The maximum absolute atomic E-state index is 12.7. The number of thiocarbonyl (C=S) groups is 1. The van der Waals surface area contributed by atoms with Gasteiger partial charge < -0.3 is 9.64 Å². The van der Waals surface area contributed by atoms with Crippen LogP contribution in [-0.2, 0) is 11.3 Å². The van der Waals surface area contributed by atoms with E-state index in [2.05, 4.69) is 10.3 Å². The summed E-state index contributed by atoms with van der Waals surface area (Å²) in [5, 5.41) is 3.28. The first-order valence-corrected chi connectivity index (χ1v) is 10.3. The molecule has 0 aliphatic rings. The van der Waals surface area contributed by atoms with E-state index in [1.165, 1.54) is 0 Å². The molecular weight excluding hydrogens is 434 g/mol. The van der Waals surface area contributed by atoms with Crippen LogP contribution in [0, 0.1) is 0 Å². The second-order valence-corrected chi connectivity index (χ2v) is 7.24. The van der Waals surface area contributed by atoms with E-state index in [1.807, 2.05) is 12.1 Å². The molecule has 0 atom stereocenters. The smallest absolute Gasteiger partial charge is 0.338 e. The maximum Gasteiger partial charge on any atom is 0.338 e. The fraction of sp³-hybridized carbons (Fsp3) is 0.130. The first-order valence-electron chi connectivity index (χ1n) is 9.53. The molecule has 1 aromatic heterocycles. The number of hydrogen-bond acceptors (Lipinski definition) is 5. The van der Waals surface area contributed by atoms with Crippen molar-refractivity contribution in [2.45, 2.75) is 13.5 Å². The van der Waals surface area contributed by atoms with Crippen molar-refractivity contribution in [3.05, 3.63) is 94.8 Å². The number of nitrogens with one attached hydrogen (secondary N) is 1. The number of carbonyl (C=O) groups excluding carboxylic acids is 2. The van der Waals surface area contributed by atoms with Gasteiger partial charge in [-0.15, -0.1) is 0 Å². The van der Waals surface area contributed by atoms with Crippen LogP contribution in [0.1, 0.15) is 33.2 Å². The van der Waals surface area contributed by atoms with Crippen molar-refractivity contribution in [2.75, 3.05) is 11.5 Å². The molecule has 3 aromatic rings. The van der Waals surface area contributed by atoms with Gasteiger partial charge in [0.2, 0.25) is 0 Å². The number of aromatic nitrogens is 1. The molecule has 1 amide bonds. The quantitative estimate of drug-likeness (QED) is 0.433. The fourth-order valence-electron chi connectivity index (χ4n) is 2.82. The minimum absolute atomic E-state index is 0.200. The lowest BCUT2D eigenvalue weighted by Crippen LogP contribution is -2.42. The Hall–Kier alpha value is -3.29. The molecule has 2 aromatic carbocycles. The average molecular weight is 454 g/mol. The zero-order valence-corrected chi connectivity index (χ0v) is 18.3.